The van der Waals surface area contributed by atoms with Gasteiger partial charge in [0.2, 0.25) is 0 Å². The number of nitrogens with two attached hydrogens (primary N) is 1. The predicted molar refractivity (Wildman–Crippen MR) is 87.5 cm³/mol. The molecule has 0 aliphatic heterocycles. The van der Waals surface area contributed by atoms with Crippen LogP contribution in [0.5, 0.6) is 5.75 Å². The number of nitrogens with zero attached hydrogens (tertiary/aromatic N) is 1. The highest BCUT2D eigenvalue weighted by Crippen LogP contribution is 2.11. The molecule has 0 aliphatic carbocycles. The summed E-state index contributed by atoms with van der Waals surface area (Å²) in [5.74, 6) is 0.790. The molecular formula is C16H25N3O4. The highest BCUT2D eigenvalue weighted by molar-refractivity contribution is 5.90. The number of carbonyl (C=O) groups excluding carboxylic acids is 2. The SMILES string of the molecule is CCOC(=O)N(CCN)C(=O)NCCCOc1ccc(C)cc1. The van der Waals surface area contributed by atoms with Crippen molar-refractivity contribution in [2.75, 3.05) is 32.8 Å². The highest BCUT2D eigenvalue weighted by Gasteiger charge is 2.21. The van der Waals surface area contributed by atoms with Gasteiger partial charge in [-0.05, 0) is 32.4 Å². The van der Waals surface area contributed by atoms with E-state index < -0.39 is 12.1 Å². The smallest absolute Gasteiger partial charge is 0.418 e. The summed E-state index contributed by atoms with van der Waals surface area (Å²) in [6.07, 6.45) is -0.0646. The van der Waals surface area contributed by atoms with Crippen LogP contribution < -0.4 is 15.8 Å². The van der Waals surface area contributed by atoms with Crippen LogP contribution >= 0.6 is 0 Å². The molecule has 0 atom stereocenters. The number of imide groups is 1. The maximum atomic E-state index is 11.9. The van der Waals surface area contributed by atoms with E-state index in [9.17, 15) is 9.59 Å². The molecule has 1 aromatic carbocycles. The second-order valence-electron chi connectivity index (χ2n) is 4.89. The van der Waals surface area contributed by atoms with Crippen molar-refractivity contribution < 1.29 is 19.1 Å². The van der Waals surface area contributed by atoms with Gasteiger partial charge in [0.15, 0.2) is 0 Å². The Bertz CT molecular complexity index is 491. The number of nitrogens with one attached hydrogen (secondary N) is 1. The number of hydrogen-bond donors (Lipinski definition) is 2. The molecule has 0 radical (unpaired) electrons. The Balaban J connectivity index is 2.28. The average molecular weight is 323 g/mol. The molecule has 0 spiro atoms. The Kier molecular flexibility index (Phi) is 8.52. The van der Waals surface area contributed by atoms with Gasteiger partial charge in [-0.1, -0.05) is 17.7 Å². The summed E-state index contributed by atoms with van der Waals surface area (Å²) in [5, 5.41) is 2.65. The summed E-state index contributed by atoms with van der Waals surface area (Å²) in [5.41, 5.74) is 6.57. The molecule has 0 saturated carbocycles. The Morgan fingerprint density at radius 1 is 1.26 bits per heavy atom. The number of rotatable bonds is 8. The molecule has 0 unspecified atom stereocenters. The Morgan fingerprint density at radius 2 is 1.96 bits per heavy atom. The first kappa shape index (κ1) is 18.8. The van der Waals surface area contributed by atoms with Gasteiger partial charge in [0.1, 0.15) is 5.75 Å². The molecule has 0 heterocycles. The third kappa shape index (κ3) is 7.01. The molecule has 3 amide bonds. The van der Waals surface area contributed by atoms with Crippen molar-refractivity contribution in [3.05, 3.63) is 29.8 Å². The highest BCUT2D eigenvalue weighted by atomic mass is 16.6. The van der Waals surface area contributed by atoms with Gasteiger partial charge in [-0.25, -0.2) is 14.5 Å². The quantitative estimate of drug-likeness (QED) is 0.713. The molecule has 0 fully saturated rings. The van der Waals surface area contributed by atoms with Gasteiger partial charge < -0.3 is 20.5 Å². The number of amides is 3. The van der Waals surface area contributed by atoms with Crippen molar-refractivity contribution in [1.82, 2.24) is 10.2 Å². The van der Waals surface area contributed by atoms with Gasteiger partial charge in [0.05, 0.1) is 13.2 Å². The average Bonchev–Trinajstić information content (AvgIpc) is 2.54. The molecule has 1 aromatic rings. The molecule has 0 saturated heterocycles. The van der Waals surface area contributed by atoms with Crippen molar-refractivity contribution >= 4 is 12.1 Å². The summed E-state index contributed by atoms with van der Waals surface area (Å²) >= 11 is 0. The van der Waals surface area contributed by atoms with E-state index in [0.717, 1.165) is 10.6 Å². The monoisotopic (exact) mass is 323 g/mol. The summed E-state index contributed by atoms with van der Waals surface area (Å²) in [6.45, 7) is 5.06. The molecule has 1 rings (SSSR count). The van der Waals surface area contributed by atoms with Gasteiger partial charge in [-0.2, -0.15) is 0 Å². The van der Waals surface area contributed by atoms with Crippen LogP contribution in [-0.2, 0) is 4.74 Å². The Hall–Kier alpha value is -2.28. The number of urea groups is 1. The molecular weight excluding hydrogens is 298 g/mol. The minimum atomic E-state index is -0.689. The maximum absolute atomic E-state index is 11.9. The second kappa shape index (κ2) is 10.4. The van der Waals surface area contributed by atoms with E-state index in [1.807, 2.05) is 31.2 Å². The Labute approximate surface area is 136 Å². The molecule has 128 valence electrons. The molecule has 0 bridgehead atoms. The first-order valence-corrected chi connectivity index (χ1v) is 7.70. The van der Waals surface area contributed by atoms with Gasteiger partial charge in [-0.15, -0.1) is 0 Å². The fourth-order valence-electron chi connectivity index (χ4n) is 1.79. The van der Waals surface area contributed by atoms with Crippen LogP contribution in [0.25, 0.3) is 0 Å². The lowest BCUT2D eigenvalue weighted by atomic mass is 10.2. The fourth-order valence-corrected chi connectivity index (χ4v) is 1.79. The van der Waals surface area contributed by atoms with Crippen molar-refractivity contribution in [1.29, 1.82) is 0 Å². The molecule has 23 heavy (non-hydrogen) atoms. The number of benzene rings is 1. The molecule has 3 N–H and O–H groups in total. The number of carbonyl (C=O) groups is 2. The Morgan fingerprint density at radius 3 is 2.57 bits per heavy atom. The third-order valence-corrected chi connectivity index (χ3v) is 2.97. The van der Waals surface area contributed by atoms with E-state index in [1.54, 1.807) is 6.92 Å². The van der Waals surface area contributed by atoms with Crippen LogP contribution in [0.1, 0.15) is 18.9 Å². The summed E-state index contributed by atoms with van der Waals surface area (Å²) < 4.78 is 10.4. The van der Waals surface area contributed by atoms with Crippen LogP contribution in [0.15, 0.2) is 24.3 Å². The van der Waals surface area contributed by atoms with Crippen molar-refractivity contribution in [2.45, 2.75) is 20.3 Å². The number of ether oxygens (including phenoxy) is 2. The van der Waals surface area contributed by atoms with Crippen molar-refractivity contribution in [2.24, 2.45) is 5.73 Å². The number of aryl methyl sites for hydroxylation is 1. The van der Waals surface area contributed by atoms with Gasteiger partial charge in [0, 0.05) is 19.6 Å². The van der Waals surface area contributed by atoms with E-state index >= 15 is 0 Å². The molecule has 7 heteroatoms. The first-order valence-electron chi connectivity index (χ1n) is 7.70. The number of hydrogen-bond acceptors (Lipinski definition) is 5. The van der Waals surface area contributed by atoms with Crippen LogP contribution in [0, 0.1) is 6.92 Å². The van der Waals surface area contributed by atoms with Gasteiger partial charge in [0.25, 0.3) is 0 Å². The van der Waals surface area contributed by atoms with Gasteiger partial charge >= 0.3 is 12.1 Å². The van der Waals surface area contributed by atoms with Crippen LogP contribution in [-0.4, -0.2) is 49.9 Å². The van der Waals surface area contributed by atoms with Crippen LogP contribution in [0.4, 0.5) is 9.59 Å². The van der Waals surface area contributed by atoms with E-state index in [0.29, 0.717) is 19.6 Å². The van der Waals surface area contributed by atoms with Crippen molar-refractivity contribution in [3.63, 3.8) is 0 Å². The summed E-state index contributed by atoms with van der Waals surface area (Å²) in [7, 11) is 0. The summed E-state index contributed by atoms with van der Waals surface area (Å²) in [4.78, 5) is 24.5. The van der Waals surface area contributed by atoms with Crippen molar-refractivity contribution in [3.8, 4) is 5.75 Å². The zero-order chi connectivity index (χ0) is 17.1. The largest absolute Gasteiger partial charge is 0.494 e. The normalized spacial score (nSPS) is 10.0. The predicted octanol–water partition coefficient (Wildman–Crippen LogP) is 1.89. The molecule has 0 aromatic heterocycles. The van der Waals surface area contributed by atoms with Crippen LogP contribution in [0.2, 0.25) is 0 Å². The zero-order valence-electron chi connectivity index (χ0n) is 13.7. The zero-order valence-corrected chi connectivity index (χ0v) is 13.7. The standard InChI is InChI=1S/C16H25N3O4/c1-3-22-16(21)19(11-9-17)15(20)18-10-4-12-23-14-7-5-13(2)6-8-14/h5-8H,3-4,9-12,17H2,1-2H3,(H,18,20). The van der Waals surface area contributed by atoms with E-state index in [4.69, 9.17) is 15.2 Å². The third-order valence-electron chi connectivity index (χ3n) is 2.97. The van der Waals surface area contributed by atoms with Crippen LogP contribution in [0.3, 0.4) is 0 Å². The van der Waals surface area contributed by atoms with E-state index in [1.165, 1.54) is 5.56 Å². The second-order valence-corrected chi connectivity index (χ2v) is 4.89. The topological polar surface area (TPSA) is 93.9 Å². The lowest BCUT2D eigenvalue weighted by Crippen LogP contribution is -2.46. The molecule has 0 aliphatic rings. The van der Waals surface area contributed by atoms with E-state index in [-0.39, 0.29) is 19.7 Å². The van der Waals surface area contributed by atoms with Gasteiger partial charge in [-0.3, -0.25) is 0 Å². The fraction of sp³-hybridized carbons (Fsp3) is 0.500. The summed E-state index contributed by atoms with van der Waals surface area (Å²) in [6, 6.07) is 7.24. The minimum Gasteiger partial charge on any atom is -0.494 e. The first-order chi connectivity index (χ1) is 11.1. The molecule has 7 nitrogen and oxygen atoms in total. The lowest BCUT2D eigenvalue weighted by Gasteiger charge is -2.19. The lowest BCUT2D eigenvalue weighted by molar-refractivity contribution is 0.115. The maximum Gasteiger partial charge on any atom is 0.418 e. The van der Waals surface area contributed by atoms with E-state index in [2.05, 4.69) is 5.32 Å². The minimum absolute atomic E-state index is 0.116.